The molecule has 3 N–H and O–H groups in total. The number of carbonyl (C=O) groups excluding carboxylic acids is 1. The minimum atomic E-state index is -0.925. The first-order chi connectivity index (χ1) is 9.63. The Labute approximate surface area is 121 Å². The molecule has 6 nitrogen and oxygen atoms in total. The van der Waals surface area contributed by atoms with Crippen molar-refractivity contribution in [1.29, 1.82) is 0 Å². The molecule has 1 saturated heterocycles. The van der Waals surface area contributed by atoms with Crippen molar-refractivity contribution in [2.75, 3.05) is 16.8 Å². The molecule has 20 heavy (non-hydrogen) atoms. The van der Waals surface area contributed by atoms with Crippen molar-refractivity contribution < 1.29 is 14.7 Å². The molecule has 2 heterocycles. The van der Waals surface area contributed by atoms with Gasteiger partial charge in [-0.2, -0.15) is 11.8 Å². The first kappa shape index (κ1) is 14.6. The van der Waals surface area contributed by atoms with Gasteiger partial charge in [0.15, 0.2) is 0 Å². The number of nitrogens with zero attached hydrogens (tertiary/aromatic N) is 1. The largest absolute Gasteiger partial charge is 0.481 e. The van der Waals surface area contributed by atoms with Crippen LogP contribution < -0.4 is 10.6 Å². The average Bonchev–Trinajstić information content (AvgIpc) is 2.41. The summed E-state index contributed by atoms with van der Waals surface area (Å²) in [5, 5.41) is 14.3. The Morgan fingerprint density at radius 1 is 1.35 bits per heavy atom. The predicted molar refractivity (Wildman–Crippen MR) is 78.1 cm³/mol. The molecule has 108 valence electrons. The van der Waals surface area contributed by atoms with Crippen molar-refractivity contribution in [3.63, 3.8) is 0 Å². The van der Waals surface area contributed by atoms with E-state index in [-0.39, 0.29) is 18.5 Å². The van der Waals surface area contributed by atoms with Gasteiger partial charge in [-0.15, -0.1) is 0 Å². The Morgan fingerprint density at radius 3 is 2.70 bits per heavy atom. The monoisotopic (exact) mass is 295 g/mol. The van der Waals surface area contributed by atoms with Gasteiger partial charge >= 0.3 is 12.0 Å². The van der Waals surface area contributed by atoms with Crippen molar-refractivity contribution in [3.05, 3.63) is 24.0 Å². The Balaban J connectivity index is 1.82. The standard InChI is InChI=1S/C13H17N3O3S/c17-12(18)7-10-1-2-11(8-14-10)16-13(19)15-9-3-5-20-6-4-9/h1-2,8-9H,3-7H2,(H,17,18)(H2,15,16,19). The number of pyridine rings is 1. The molecule has 1 aromatic heterocycles. The topological polar surface area (TPSA) is 91.3 Å². The van der Waals surface area contributed by atoms with Crippen LogP contribution >= 0.6 is 11.8 Å². The van der Waals surface area contributed by atoms with Gasteiger partial charge in [0.1, 0.15) is 0 Å². The van der Waals surface area contributed by atoms with Crippen LogP contribution in [0.4, 0.5) is 10.5 Å². The van der Waals surface area contributed by atoms with Crippen LogP contribution in [-0.4, -0.2) is 39.6 Å². The molecule has 0 saturated carbocycles. The van der Waals surface area contributed by atoms with Crippen LogP contribution in [0.3, 0.4) is 0 Å². The van der Waals surface area contributed by atoms with Crippen molar-refractivity contribution in [2.24, 2.45) is 0 Å². The first-order valence-corrected chi connectivity index (χ1v) is 7.61. The number of hydrogen-bond donors (Lipinski definition) is 3. The fourth-order valence-electron chi connectivity index (χ4n) is 1.95. The smallest absolute Gasteiger partial charge is 0.319 e. The SMILES string of the molecule is O=C(O)Cc1ccc(NC(=O)NC2CCSCC2)cn1. The quantitative estimate of drug-likeness (QED) is 0.787. The number of amides is 2. The summed E-state index contributed by atoms with van der Waals surface area (Å²) in [4.78, 5) is 26.3. The molecule has 0 unspecified atom stereocenters. The van der Waals surface area contributed by atoms with E-state index in [1.807, 2.05) is 11.8 Å². The van der Waals surface area contributed by atoms with Gasteiger partial charge in [0.2, 0.25) is 0 Å². The molecule has 1 aliphatic rings. The normalized spacial score (nSPS) is 15.6. The molecule has 0 bridgehead atoms. The molecule has 0 spiro atoms. The summed E-state index contributed by atoms with van der Waals surface area (Å²) in [5.74, 6) is 1.23. The molecule has 0 atom stereocenters. The molecule has 2 rings (SSSR count). The zero-order chi connectivity index (χ0) is 14.4. The second-order valence-electron chi connectivity index (χ2n) is 4.59. The zero-order valence-electron chi connectivity index (χ0n) is 11.0. The highest BCUT2D eigenvalue weighted by molar-refractivity contribution is 7.99. The maximum atomic E-state index is 11.8. The van der Waals surface area contributed by atoms with Gasteiger partial charge in [-0.25, -0.2) is 4.79 Å². The number of hydrogen-bond acceptors (Lipinski definition) is 4. The lowest BCUT2D eigenvalue weighted by molar-refractivity contribution is -0.136. The van der Waals surface area contributed by atoms with E-state index in [1.165, 1.54) is 6.20 Å². The molecule has 7 heteroatoms. The third kappa shape index (κ3) is 4.73. The number of urea groups is 1. The van der Waals surface area contributed by atoms with E-state index in [9.17, 15) is 9.59 Å². The Kier molecular flexibility index (Phi) is 5.23. The van der Waals surface area contributed by atoms with E-state index in [0.717, 1.165) is 24.3 Å². The fraction of sp³-hybridized carbons (Fsp3) is 0.462. The number of nitrogens with one attached hydrogen (secondary N) is 2. The summed E-state index contributed by atoms with van der Waals surface area (Å²) in [6.45, 7) is 0. The van der Waals surface area contributed by atoms with E-state index in [1.54, 1.807) is 12.1 Å². The maximum Gasteiger partial charge on any atom is 0.319 e. The van der Waals surface area contributed by atoms with Crippen LogP contribution in [0.15, 0.2) is 18.3 Å². The third-order valence-corrected chi connectivity index (χ3v) is 4.02. The van der Waals surface area contributed by atoms with Gasteiger partial charge in [-0.3, -0.25) is 9.78 Å². The maximum absolute atomic E-state index is 11.8. The number of carboxylic acids is 1. The number of carbonyl (C=O) groups is 2. The second kappa shape index (κ2) is 7.14. The number of thioether (sulfide) groups is 1. The summed E-state index contributed by atoms with van der Waals surface area (Å²) < 4.78 is 0. The number of aromatic nitrogens is 1. The zero-order valence-corrected chi connectivity index (χ0v) is 11.8. The average molecular weight is 295 g/mol. The molecule has 0 aromatic carbocycles. The van der Waals surface area contributed by atoms with Gasteiger partial charge < -0.3 is 15.7 Å². The van der Waals surface area contributed by atoms with Gasteiger partial charge in [-0.1, -0.05) is 0 Å². The molecule has 1 aliphatic heterocycles. The second-order valence-corrected chi connectivity index (χ2v) is 5.82. The Morgan fingerprint density at radius 2 is 2.10 bits per heavy atom. The van der Waals surface area contributed by atoms with Crippen molar-refractivity contribution in [2.45, 2.75) is 25.3 Å². The lowest BCUT2D eigenvalue weighted by Crippen LogP contribution is -2.39. The van der Waals surface area contributed by atoms with Crippen molar-refractivity contribution in [1.82, 2.24) is 10.3 Å². The third-order valence-electron chi connectivity index (χ3n) is 2.97. The number of carboxylic acid groups (broad SMARTS) is 1. The van der Waals surface area contributed by atoms with Gasteiger partial charge in [0.25, 0.3) is 0 Å². The highest BCUT2D eigenvalue weighted by atomic mass is 32.2. The molecule has 2 amide bonds. The van der Waals surface area contributed by atoms with E-state index < -0.39 is 5.97 Å². The van der Waals surface area contributed by atoms with Crippen LogP contribution in [0.1, 0.15) is 18.5 Å². The van der Waals surface area contributed by atoms with Crippen molar-refractivity contribution in [3.8, 4) is 0 Å². The summed E-state index contributed by atoms with van der Waals surface area (Å²) in [5.41, 5.74) is 1.02. The summed E-state index contributed by atoms with van der Waals surface area (Å²) >= 11 is 1.91. The van der Waals surface area contributed by atoms with Gasteiger partial charge in [0.05, 0.1) is 24.0 Å². The Hall–Kier alpha value is -1.76. The molecule has 1 fully saturated rings. The molecular weight excluding hydrogens is 278 g/mol. The molecular formula is C13H17N3O3S. The lowest BCUT2D eigenvalue weighted by atomic mass is 10.2. The van der Waals surface area contributed by atoms with Crippen LogP contribution in [0.25, 0.3) is 0 Å². The predicted octanol–water partition coefficient (Wildman–Crippen LogP) is 1.73. The van der Waals surface area contributed by atoms with E-state index >= 15 is 0 Å². The van der Waals surface area contributed by atoms with E-state index in [0.29, 0.717) is 11.4 Å². The minimum Gasteiger partial charge on any atom is -0.481 e. The summed E-state index contributed by atoms with van der Waals surface area (Å²) in [6.07, 6.45) is 3.34. The Bertz CT molecular complexity index is 472. The summed E-state index contributed by atoms with van der Waals surface area (Å²) in [6, 6.07) is 3.24. The van der Waals surface area contributed by atoms with Crippen LogP contribution in [0.2, 0.25) is 0 Å². The van der Waals surface area contributed by atoms with Gasteiger partial charge in [-0.05, 0) is 36.5 Å². The van der Waals surface area contributed by atoms with Crippen LogP contribution in [0, 0.1) is 0 Å². The molecule has 0 radical (unpaired) electrons. The molecule has 1 aromatic rings. The lowest BCUT2D eigenvalue weighted by Gasteiger charge is -2.22. The highest BCUT2D eigenvalue weighted by Gasteiger charge is 2.15. The van der Waals surface area contributed by atoms with E-state index in [2.05, 4.69) is 15.6 Å². The fourth-order valence-corrected chi connectivity index (χ4v) is 3.06. The minimum absolute atomic E-state index is 0.119. The number of aliphatic carboxylic acids is 1. The van der Waals surface area contributed by atoms with Gasteiger partial charge in [0, 0.05) is 6.04 Å². The van der Waals surface area contributed by atoms with Crippen molar-refractivity contribution >= 4 is 29.4 Å². The highest BCUT2D eigenvalue weighted by Crippen LogP contribution is 2.17. The van der Waals surface area contributed by atoms with Crippen LogP contribution in [0.5, 0.6) is 0 Å². The number of rotatable bonds is 4. The number of anilines is 1. The summed E-state index contributed by atoms with van der Waals surface area (Å²) in [7, 11) is 0. The van der Waals surface area contributed by atoms with E-state index in [4.69, 9.17) is 5.11 Å². The molecule has 0 aliphatic carbocycles. The van der Waals surface area contributed by atoms with Crippen LogP contribution in [-0.2, 0) is 11.2 Å². The first-order valence-electron chi connectivity index (χ1n) is 6.45.